The van der Waals surface area contributed by atoms with Crippen LogP contribution in [0.4, 0.5) is 17.1 Å². The SMILES string of the molecule is CCCOc1ccc(C2(c3ccc(OCCC)c(OCCC)c3)c3ccccc3-c3ccc(N(c4ccccc4)c4ccccc4)cc32)cc1OCCC. The van der Waals surface area contributed by atoms with Gasteiger partial charge in [0.25, 0.3) is 0 Å². The molecule has 0 aromatic heterocycles. The quantitative estimate of drug-likeness (QED) is 0.0938. The molecule has 1 aliphatic rings. The maximum absolute atomic E-state index is 6.48. The molecule has 6 aromatic carbocycles. The summed E-state index contributed by atoms with van der Waals surface area (Å²) < 4.78 is 25.5. The van der Waals surface area contributed by atoms with Crippen molar-refractivity contribution in [3.63, 3.8) is 0 Å². The predicted molar refractivity (Wildman–Crippen MR) is 222 cm³/mol. The summed E-state index contributed by atoms with van der Waals surface area (Å²) in [5.41, 5.74) is 9.48. The van der Waals surface area contributed by atoms with Crippen molar-refractivity contribution < 1.29 is 18.9 Å². The molecule has 54 heavy (non-hydrogen) atoms. The van der Waals surface area contributed by atoms with Crippen LogP contribution in [0.5, 0.6) is 23.0 Å². The van der Waals surface area contributed by atoms with Gasteiger partial charge in [-0.3, -0.25) is 0 Å². The highest BCUT2D eigenvalue weighted by atomic mass is 16.5. The van der Waals surface area contributed by atoms with Crippen LogP contribution >= 0.6 is 0 Å². The molecule has 5 nitrogen and oxygen atoms in total. The Morgan fingerprint density at radius 2 is 0.833 bits per heavy atom. The minimum absolute atomic E-state index is 0.595. The lowest BCUT2D eigenvalue weighted by atomic mass is 9.67. The number of anilines is 3. The number of nitrogens with zero attached hydrogens (tertiary/aromatic N) is 1. The van der Waals surface area contributed by atoms with Gasteiger partial charge in [0.05, 0.1) is 31.8 Å². The first-order chi connectivity index (χ1) is 26.6. The minimum Gasteiger partial charge on any atom is -0.490 e. The Labute approximate surface area is 321 Å². The fraction of sp³-hybridized carbons (Fsp3) is 0.265. The maximum Gasteiger partial charge on any atom is 0.161 e. The second-order valence-electron chi connectivity index (χ2n) is 13.7. The Bertz CT molecular complexity index is 2040. The van der Waals surface area contributed by atoms with E-state index in [9.17, 15) is 0 Å². The highest BCUT2D eigenvalue weighted by Gasteiger charge is 2.47. The Hall–Kier alpha value is -5.68. The molecule has 7 rings (SSSR count). The lowest BCUT2D eigenvalue weighted by Crippen LogP contribution is -2.29. The van der Waals surface area contributed by atoms with Gasteiger partial charge in [-0.15, -0.1) is 0 Å². The largest absolute Gasteiger partial charge is 0.490 e. The molecule has 6 aromatic rings. The van der Waals surface area contributed by atoms with Crippen LogP contribution < -0.4 is 23.8 Å². The van der Waals surface area contributed by atoms with Crippen LogP contribution in [-0.4, -0.2) is 26.4 Å². The fourth-order valence-electron chi connectivity index (χ4n) is 7.59. The molecule has 0 radical (unpaired) electrons. The van der Waals surface area contributed by atoms with Gasteiger partial charge in [0, 0.05) is 17.1 Å². The van der Waals surface area contributed by atoms with E-state index in [0.717, 1.165) is 76.9 Å². The molecular weight excluding hydrogens is 667 g/mol. The number of ether oxygens (including phenoxy) is 4. The zero-order valence-electron chi connectivity index (χ0n) is 32.0. The molecule has 5 heteroatoms. The zero-order chi connectivity index (χ0) is 37.3. The molecule has 0 atom stereocenters. The third-order valence-corrected chi connectivity index (χ3v) is 9.92. The number of hydrogen-bond donors (Lipinski definition) is 0. The van der Waals surface area contributed by atoms with Crippen LogP contribution in [0.1, 0.15) is 75.6 Å². The van der Waals surface area contributed by atoms with Gasteiger partial charge in [-0.25, -0.2) is 0 Å². The normalized spacial score (nSPS) is 12.4. The summed E-state index contributed by atoms with van der Waals surface area (Å²) >= 11 is 0. The highest BCUT2D eigenvalue weighted by molar-refractivity contribution is 5.89. The predicted octanol–water partition coefficient (Wildman–Crippen LogP) is 12.7. The van der Waals surface area contributed by atoms with Gasteiger partial charge in [0.1, 0.15) is 0 Å². The van der Waals surface area contributed by atoms with Crippen molar-refractivity contribution in [2.75, 3.05) is 31.3 Å². The van der Waals surface area contributed by atoms with E-state index >= 15 is 0 Å². The number of fused-ring (bicyclic) bond motifs is 3. The molecule has 0 aliphatic heterocycles. The van der Waals surface area contributed by atoms with E-state index < -0.39 is 5.41 Å². The lowest BCUT2D eigenvalue weighted by molar-refractivity contribution is 0.267. The molecule has 1 aliphatic carbocycles. The summed E-state index contributed by atoms with van der Waals surface area (Å²) in [5, 5.41) is 0. The molecule has 0 saturated carbocycles. The Kier molecular flexibility index (Phi) is 11.5. The number of para-hydroxylation sites is 2. The molecule has 0 fully saturated rings. The summed E-state index contributed by atoms with van der Waals surface area (Å²) in [4.78, 5) is 2.34. The molecule has 0 bridgehead atoms. The average Bonchev–Trinajstić information content (AvgIpc) is 3.52. The van der Waals surface area contributed by atoms with Crippen LogP contribution in [0, 0.1) is 0 Å². The Balaban J connectivity index is 1.54. The van der Waals surface area contributed by atoms with Crippen LogP contribution in [0.3, 0.4) is 0 Å². The Morgan fingerprint density at radius 3 is 1.33 bits per heavy atom. The van der Waals surface area contributed by atoms with E-state index in [4.69, 9.17) is 18.9 Å². The van der Waals surface area contributed by atoms with Gasteiger partial charge in [0.15, 0.2) is 23.0 Å². The van der Waals surface area contributed by atoms with E-state index in [-0.39, 0.29) is 0 Å². The van der Waals surface area contributed by atoms with Crippen molar-refractivity contribution in [1.29, 1.82) is 0 Å². The monoisotopic (exact) mass is 717 g/mol. The van der Waals surface area contributed by atoms with E-state index in [2.05, 4.69) is 172 Å². The van der Waals surface area contributed by atoms with Gasteiger partial charge < -0.3 is 23.8 Å². The molecule has 276 valence electrons. The van der Waals surface area contributed by atoms with E-state index in [1.807, 2.05) is 0 Å². The number of benzene rings is 6. The maximum atomic E-state index is 6.48. The smallest absolute Gasteiger partial charge is 0.161 e. The van der Waals surface area contributed by atoms with Crippen LogP contribution in [-0.2, 0) is 5.41 Å². The number of hydrogen-bond acceptors (Lipinski definition) is 5. The van der Waals surface area contributed by atoms with Crippen molar-refractivity contribution in [3.05, 3.63) is 162 Å². The third-order valence-electron chi connectivity index (χ3n) is 9.92. The molecular formula is C49H51NO4. The first kappa shape index (κ1) is 36.7. The zero-order valence-corrected chi connectivity index (χ0v) is 32.0. The van der Waals surface area contributed by atoms with Crippen LogP contribution in [0.25, 0.3) is 11.1 Å². The van der Waals surface area contributed by atoms with Gasteiger partial charge in [0.2, 0.25) is 0 Å². The third kappa shape index (κ3) is 7.03. The van der Waals surface area contributed by atoms with Crippen molar-refractivity contribution in [3.8, 4) is 34.1 Å². The van der Waals surface area contributed by atoms with Crippen molar-refractivity contribution in [2.24, 2.45) is 0 Å². The van der Waals surface area contributed by atoms with Crippen LogP contribution in [0.2, 0.25) is 0 Å². The summed E-state index contributed by atoms with van der Waals surface area (Å²) in [5.74, 6) is 3.03. The summed E-state index contributed by atoms with van der Waals surface area (Å²) in [6.45, 7) is 10.9. The minimum atomic E-state index is -0.734. The van der Waals surface area contributed by atoms with Crippen molar-refractivity contribution in [2.45, 2.75) is 58.8 Å². The lowest BCUT2D eigenvalue weighted by Gasteiger charge is -2.35. The van der Waals surface area contributed by atoms with Gasteiger partial charge in [-0.1, -0.05) is 107 Å². The highest BCUT2D eigenvalue weighted by Crippen LogP contribution is 2.58. The standard InChI is InChI=1S/C49H51NO4/c1-5-29-51-45-27-23-36(33-47(45)53-31-7-3)49(37-24-28-46(52-30-6-2)48(34-37)54-32-8-4)43-22-16-15-21-41(43)42-26-25-40(35-44(42)49)50(38-17-11-9-12-18-38)39-19-13-10-14-20-39/h9-28,33-35H,5-8,29-32H2,1-4H3. The summed E-state index contributed by atoms with van der Waals surface area (Å²) in [7, 11) is 0. The van der Waals surface area contributed by atoms with Gasteiger partial charge in [-0.05, 0) is 120 Å². The summed E-state index contributed by atoms with van der Waals surface area (Å²) in [6.07, 6.45) is 3.61. The topological polar surface area (TPSA) is 40.2 Å². The molecule has 0 amide bonds. The van der Waals surface area contributed by atoms with Crippen molar-refractivity contribution >= 4 is 17.1 Å². The molecule has 0 unspecified atom stereocenters. The molecule has 0 spiro atoms. The van der Waals surface area contributed by atoms with Crippen LogP contribution in [0.15, 0.2) is 140 Å². The molecule has 0 N–H and O–H groups in total. The summed E-state index contributed by atoms with van der Waals surface area (Å²) in [6, 6.07) is 50.0. The molecule has 0 saturated heterocycles. The second-order valence-corrected chi connectivity index (χ2v) is 13.7. The fourth-order valence-corrected chi connectivity index (χ4v) is 7.59. The molecule has 0 heterocycles. The van der Waals surface area contributed by atoms with E-state index in [1.54, 1.807) is 0 Å². The van der Waals surface area contributed by atoms with E-state index in [1.165, 1.54) is 22.3 Å². The first-order valence-corrected chi connectivity index (χ1v) is 19.6. The van der Waals surface area contributed by atoms with E-state index in [0.29, 0.717) is 26.4 Å². The second kappa shape index (κ2) is 17.0. The van der Waals surface area contributed by atoms with Crippen molar-refractivity contribution in [1.82, 2.24) is 0 Å². The Morgan fingerprint density at radius 1 is 0.389 bits per heavy atom. The number of rotatable bonds is 17. The van der Waals surface area contributed by atoms with Gasteiger partial charge >= 0.3 is 0 Å². The van der Waals surface area contributed by atoms with Gasteiger partial charge in [-0.2, -0.15) is 0 Å². The average molecular weight is 718 g/mol. The first-order valence-electron chi connectivity index (χ1n) is 19.6.